The van der Waals surface area contributed by atoms with Gasteiger partial charge in [-0.25, -0.2) is 13.8 Å². The van der Waals surface area contributed by atoms with E-state index >= 15 is 0 Å². The average molecular weight is 223 g/mol. The van der Waals surface area contributed by atoms with Gasteiger partial charge < -0.3 is 10.3 Å². The van der Waals surface area contributed by atoms with Gasteiger partial charge in [-0.05, 0) is 17.7 Å². The number of H-pyrrole nitrogens is 1. The molecule has 0 unspecified atom stereocenters. The quantitative estimate of drug-likeness (QED) is 0.832. The first-order valence-electron chi connectivity index (χ1n) is 4.88. The zero-order chi connectivity index (χ0) is 11.4. The Hall–Kier alpha value is -1.75. The third kappa shape index (κ3) is 2.64. The molecule has 0 aliphatic heterocycles. The first-order valence-corrected chi connectivity index (χ1v) is 4.88. The van der Waals surface area contributed by atoms with Crippen LogP contribution in [0.2, 0.25) is 0 Å². The number of rotatable bonds is 4. The standard InChI is InChI=1S/C11H11F2N3/c12-9-2-1-8(5-10(9)13)6-14-7-11-15-3-4-16-11/h1-5,14H,6-7H2,(H,15,16). The van der Waals surface area contributed by atoms with Crippen molar-refractivity contribution in [2.45, 2.75) is 13.1 Å². The highest BCUT2D eigenvalue weighted by Gasteiger charge is 2.02. The molecule has 0 spiro atoms. The fourth-order valence-electron chi connectivity index (χ4n) is 1.37. The van der Waals surface area contributed by atoms with E-state index in [9.17, 15) is 8.78 Å². The van der Waals surface area contributed by atoms with Crippen molar-refractivity contribution in [3.8, 4) is 0 Å². The predicted molar refractivity (Wildman–Crippen MR) is 55.5 cm³/mol. The van der Waals surface area contributed by atoms with Gasteiger partial charge in [-0.2, -0.15) is 0 Å². The summed E-state index contributed by atoms with van der Waals surface area (Å²) in [5.74, 6) is -0.838. The Kier molecular flexibility index (Phi) is 3.26. The maximum absolute atomic E-state index is 12.9. The van der Waals surface area contributed by atoms with E-state index in [0.717, 1.165) is 11.9 Å². The lowest BCUT2D eigenvalue weighted by atomic mass is 10.2. The molecule has 0 aliphatic carbocycles. The molecule has 3 nitrogen and oxygen atoms in total. The Morgan fingerprint density at radius 2 is 2.06 bits per heavy atom. The van der Waals surface area contributed by atoms with Gasteiger partial charge >= 0.3 is 0 Å². The van der Waals surface area contributed by atoms with Crippen LogP contribution in [-0.2, 0) is 13.1 Å². The van der Waals surface area contributed by atoms with Crippen molar-refractivity contribution < 1.29 is 8.78 Å². The zero-order valence-electron chi connectivity index (χ0n) is 8.50. The van der Waals surface area contributed by atoms with Crippen LogP contribution in [0.1, 0.15) is 11.4 Å². The van der Waals surface area contributed by atoms with Gasteiger partial charge in [0.1, 0.15) is 5.82 Å². The van der Waals surface area contributed by atoms with E-state index in [-0.39, 0.29) is 0 Å². The number of aromatic amines is 1. The smallest absolute Gasteiger partial charge is 0.159 e. The van der Waals surface area contributed by atoms with E-state index in [2.05, 4.69) is 15.3 Å². The van der Waals surface area contributed by atoms with Crippen LogP contribution in [0.15, 0.2) is 30.6 Å². The number of aromatic nitrogens is 2. The Balaban J connectivity index is 1.87. The van der Waals surface area contributed by atoms with Gasteiger partial charge in [0.2, 0.25) is 0 Å². The topological polar surface area (TPSA) is 40.7 Å². The Bertz CT molecular complexity index is 454. The van der Waals surface area contributed by atoms with Gasteiger partial charge in [0, 0.05) is 18.9 Å². The Morgan fingerprint density at radius 1 is 1.19 bits per heavy atom. The summed E-state index contributed by atoms with van der Waals surface area (Å²) in [7, 11) is 0. The van der Waals surface area contributed by atoms with Gasteiger partial charge in [0.25, 0.3) is 0 Å². The lowest BCUT2D eigenvalue weighted by Gasteiger charge is -2.03. The third-order valence-electron chi connectivity index (χ3n) is 2.16. The molecule has 2 N–H and O–H groups in total. The van der Waals surface area contributed by atoms with Gasteiger partial charge in [-0.15, -0.1) is 0 Å². The second-order valence-electron chi connectivity index (χ2n) is 3.39. The minimum atomic E-state index is -0.824. The van der Waals surface area contributed by atoms with Crippen molar-refractivity contribution in [1.29, 1.82) is 0 Å². The highest BCUT2D eigenvalue weighted by Crippen LogP contribution is 2.08. The zero-order valence-corrected chi connectivity index (χ0v) is 8.50. The number of benzene rings is 1. The van der Waals surface area contributed by atoms with E-state index in [1.54, 1.807) is 18.5 Å². The number of hydrogen-bond donors (Lipinski definition) is 2. The summed E-state index contributed by atoms with van der Waals surface area (Å²) in [5.41, 5.74) is 0.699. The van der Waals surface area contributed by atoms with Gasteiger partial charge in [-0.1, -0.05) is 6.07 Å². The van der Waals surface area contributed by atoms with Crippen LogP contribution in [0.3, 0.4) is 0 Å². The third-order valence-corrected chi connectivity index (χ3v) is 2.16. The van der Waals surface area contributed by atoms with Gasteiger partial charge in [0.05, 0.1) is 6.54 Å². The lowest BCUT2D eigenvalue weighted by molar-refractivity contribution is 0.506. The Morgan fingerprint density at radius 3 is 2.75 bits per heavy atom. The maximum atomic E-state index is 12.9. The fourth-order valence-corrected chi connectivity index (χ4v) is 1.37. The number of hydrogen-bond acceptors (Lipinski definition) is 2. The molecule has 2 aromatic rings. The molecule has 0 fully saturated rings. The molecule has 0 amide bonds. The van der Waals surface area contributed by atoms with Crippen LogP contribution in [0.25, 0.3) is 0 Å². The minimum absolute atomic E-state index is 0.470. The summed E-state index contributed by atoms with van der Waals surface area (Å²) in [5, 5.41) is 3.07. The van der Waals surface area contributed by atoms with E-state index in [4.69, 9.17) is 0 Å². The predicted octanol–water partition coefficient (Wildman–Crippen LogP) is 1.98. The molecule has 0 bridgehead atoms. The average Bonchev–Trinajstić information content (AvgIpc) is 2.76. The van der Waals surface area contributed by atoms with Crippen LogP contribution < -0.4 is 5.32 Å². The first-order chi connectivity index (χ1) is 7.75. The van der Waals surface area contributed by atoms with Crippen molar-refractivity contribution in [2.24, 2.45) is 0 Å². The van der Waals surface area contributed by atoms with Crippen molar-refractivity contribution in [3.05, 3.63) is 53.6 Å². The van der Waals surface area contributed by atoms with E-state index in [1.165, 1.54) is 6.07 Å². The maximum Gasteiger partial charge on any atom is 0.159 e. The molecule has 5 heteroatoms. The summed E-state index contributed by atoms with van der Waals surface area (Å²) in [6, 6.07) is 3.86. The number of imidazole rings is 1. The van der Waals surface area contributed by atoms with Crippen LogP contribution in [0.5, 0.6) is 0 Å². The van der Waals surface area contributed by atoms with E-state index < -0.39 is 11.6 Å². The van der Waals surface area contributed by atoms with Crippen molar-refractivity contribution >= 4 is 0 Å². The van der Waals surface area contributed by atoms with Crippen LogP contribution in [-0.4, -0.2) is 9.97 Å². The number of halogens is 2. The fraction of sp³-hybridized carbons (Fsp3) is 0.182. The summed E-state index contributed by atoms with van der Waals surface area (Å²) in [4.78, 5) is 6.96. The highest BCUT2D eigenvalue weighted by molar-refractivity contribution is 5.17. The Labute approximate surface area is 91.5 Å². The van der Waals surface area contributed by atoms with Crippen LogP contribution in [0, 0.1) is 11.6 Å². The molecule has 2 rings (SSSR count). The molecule has 0 radical (unpaired) electrons. The molecular weight excluding hydrogens is 212 g/mol. The molecule has 1 heterocycles. The van der Waals surface area contributed by atoms with Gasteiger partial charge in [0.15, 0.2) is 11.6 Å². The van der Waals surface area contributed by atoms with Crippen molar-refractivity contribution in [2.75, 3.05) is 0 Å². The van der Waals surface area contributed by atoms with Gasteiger partial charge in [-0.3, -0.25) is 0 Å². The molecule has 1 aromatic heterocycles. The van der Waals surface area contributed by atoms with E-state index in [1.807, 2.05) is 0 Å². The van der Waals surface area contributed by atoms with Crippen LogP contribution >= 0.6 is 0 Å². The normalized spacial score (nSPS) is 10.6. The second-order valence-corrected chi connectivity index (χ2v) is 3.39. The SMILES string of the molecule is Fc1ccc(CNCc2ncc[nH]2)cc1F. The number of nitrogens with zero attached hydrogens (tertiary/aromatic N) is 1. The molecule has 16 heavy (non-hydrogen) atoms. The van der Waals surface area contributed by atoms with Crippen molar-refractivity contribution in [1.82, 2.24) is 15.3 Å². The molecule has 84 valence electrons. The largest absolute Gasteiger partial charge is 0.348 e. The molecule has 0 atom stereocenters. The summed E-state index contributed by atoms with van der Waals surface area (Å²) in [6.07, 6.45) is 3.39. The summed E-state index contributed by atoms with van der Waals surface area (Å²) in [6.45, 7) is 1.03. The molecule has 1 aromatic carbocycles. The number of nitrogens with one attached hydrogen (secondary N) is 2. The van der Waals surface area contributed by atoms with Crippen LogP contribution in [0.4, 0.5) is 8.78 Å². The molecular formula is C11H11F2N3. The molecule has 0 aliphatic rings. The van der Waals surface area contributed by atoms with Crippen molar-refractivity contribution in [3.63, 3.8) is 0 Å². The van der Waals surface area contributed by atoms with E-state index in [0.29, 0.717) is 18.7 Å². The first kappa shape index (κ1) is 10.8. The monoisotopic (exact) mass is 223 g/mol. The lowest BCUT2D eigenvalue weighted by Crippen LogP contribution is -2.13. The summed E-state index contributed by atoms with van der Waals surface area (Å²) >= 11 is 0. The summed E-state index contributed by atoms with van der Waals surface area (Å²) < 4.78 is 25.5. The molecule has 0 saturated heterocycles. The molecule has 0 saturated carbocycles. The second kappa shape index (κ2) is 4.85. The minimum Gasteiger partial charge on any atom is -0.348 e. The highest BCUT2D eigenvalue weighted by atomic mass is 19.2.